The molecule has 2 rings (SSSR count). The summed E-state index contributed by atoms with van der Waals surface area (Å²) in [6, 6.07) is 7.28. The number of hydrogen-bond acceptors (Lipinski definition) is 2. The third-order valence-electron chi connectivity index (χ3n) is 3.43. The van der Waals surface area contributed by atoms with Gasteiger partial charge in [-0.3, -0.25) is 0 Å². The Balaban J connectivity index is 1.96. The fourth-order valence-electron chi connectivity index (χ4n) is 2.12. The molecule has 1 saturated carbocycles. The second-order valence-electron chi connectivity index (χ2n) is 4.79. The summed E-state index contributed by atoms with van der Waals surface area (Å²) in [5, 5.41) is 12.4. The molecule has 0 unspecified atom stereocenters. The zero-order valence-electron chi connectivity index (χ0n) is 10.8. The van der Waals surface area contributed by atoms with Crippen LogP contribution in [0.2, 0.25) is 5.02 Å². The maximum absolute atomic E-state index is 12.2. The molecule has 1 aliphatic rings. The predicted molar refractivity (Wildman–Crippen MR) is 76.5 cm³/mol. The third-order valence-corrected chi connectivity index (χ3v) is 3.68. The number of nitrogens with one attached hydrogen (secondary N) is 1. The number of carbonyl (C=O) groups excluding carboxylic acids is 1. The van der Waals surface area contributed by atoms with E-state index in [4.69, 9.17) is 16.7 Å². The van der Waals surface area contributed by atoms with Crippen molar-refractivity contribution in [3.05, 3.63) is 29.3 Å². The van der Waals surface area contributed by atoms with Crippen molar-refractivity contribution < 1.29 is 9.90 Å². The van der Waals surface area contributed by atoms with Crippen molar-refractivity contribution in [2.24, 2.45) is 0 Å². The standard InChI is InChI=1S/C14H19ClN2O2/c15-11-5-7-12(8-6-11)16-14(19)17(9-2-10-18)13-3-1-4-13/h5-8,13,18H,1-4,9-10H2,(H,16,19). The van der Waals surface area contributed by atoms with Gasteiger partial charge in [-0.2, -0.15) is 0 Å². The van der Waals surface area contributed by atoms with Crippen LogP contribution in [0.25, 0.3) is 0 Å². The SMILES string of the molecule is O=C(Nc1ccc(Cl)cc1)N(CCCO)C1CCC1. The maximum Gasteiger partial charge on any atom is 0.322 e. The molecule has 4 nitrogen and oxygen atoms in total. The number of aliphatic hydroxyl groups is 1. The van der Waals surface area contributed by atoms with E-state index in [1.165, 1.54) is 6.42 Å². The van der Waals surface area contributed by atoms with Crippen LogP contribution in [0.1, 0.15) is 25.7 Å². The number of benzene rings is 1. The number of carbonyl (C=O) groups is 1. The molecule has 0 radical (unpaired) electrons. The molecule has 0 atom stereocenters. The van der Waals surface area contributed by atoms with Gasteiger partial charge in [0.25, 0.3) is 0 Å². The molecular formula is C14H19ClN2O2. The van der Waals surface area contributed by atoms with Crippen LogP contribution >= 0.6 is 11.6 Å². The summed E-state index contributed by atoms with van der Waals surface area (Å²) >= 11 is 5.81. The number of halogens is 1. The van der Waals surface area contributed by atoms with Crippen LogP contribution < -0.4 is 5.32 Å². The van der Waals surface area contributed by atoms with Crippen LogP contribution in [0.3, 0.4) is 0 Å². The summed E-state index contributed by atoms with van der Waals surface area (Å²) in [6.07, 6.45) is 3.90. The molecule has 0 aliphatic heterocycles. The lowest BCUT2D eigenvalue weighted by Crippen LogP contribution is -2.46. The third kappa shape index (κ3) is 3.85. The van der Waals surface area contributed by atoms with Crippen molar-refractivity contribution in [1.82, 2.24) is 4.90 Å². The molecule has 104 valence electrons. The smallest absolute Gasteiger partial charge is 0.322 e. The minimum absolute atomic E-state index is 0.0968. The van der Waals surface area contributed by atoms with Gasteiger partial charge in [0, 0.05) is 29.9 Å². The molecule has 5 heteroatoms. The zero-order chi connectivity index (χ0) is 13.7. The van der Waals surface area contributed by atoms with E-state index >= 15 is 0 Å². The quantitative estimate of drug-likeness (QED) is 0.872. The number of urea groups is 1. The molecule has 1 aliphatic carbocycles. The Labute approximate surface area is 118 Å². The van der Waals surface area contributed by atoms with Crippen LogP contribution in [0.15, 0.2) is 24.3 Å². The first-order chi connectivity index (χ1) is 9.20. The topological polar surface area (TPSA) is 52.6 Å². The minimum Gasteiger partial charge on any atom is -0.396 e. The van der Waals surface area contributed by atoms with Crippen LogP contribution in [0, 0.1) is 0 Å². The average Bonchev–Trinajstić information content (AvgIpc) is 2.34. The van der Waals surface area contributed by atoms with E-state index in [2.05, 4.69) is 5.32 Å². The normalized spacial score (nSPS) is 14.8. The Morgan fingerprint density at radius 2 is 2.05 bits per heavy atom. The Kier molecular flexibility index (Phi) is 5.05. The molecule has 0 aromatic heterocycles. The van der Waals surface area contributed by atoms with Gasteiger partial charge < -0.3 is 15.3 Å². The number of aliphatic hydroxyl groups excluding tert-OH is 1. The summed E-state index contributed by atoms with van der Waals surface area (Å²) in [7, 11) is 0. The first-order valence-corrected chi connectivity index (χ1v) is 7.02. The van der Waals surface area contributed by atoms with Gasteiger partial charge in [-0.15, -0.1) is 0 Å². The van der Waals surface area contributed by atoms with Crippen molar-refractivity contribution in [3.63, 3.8) is 0 Å². The minimum atomic E-state index is -0.0968. The Hall–Kier alpha value is -1.26. The fourth-order valence-corrected chi connectivity index (χ4v) is 2.24. The van der Waals surface area contributed by atoms with Gasteiger partial charge in [-0.1, -0.05) is 11.6 Å². The van der Waals surface area contributed by atoms with E-state index in [0.717, 1.165) is 18.5 Å². The molecule has 2 amide bonds. The van der Waals surface area contributed by atoms with E-state index in [9.17, 15) is 4.79 Å². The first-order valence-electron chi connectivity index (χ1n) is 6.65. The summed E-state index contributed by atoms with van der Waals surface area (Å²) in [5.41, 5.74) is 0.739. The highest BCUT2D eigenvalue weighted by Crippen LogP contribution is 2.25. The van der Waals surface area contributed by atoms with Crippen LogP contribution in [0.4, 0.5) is 10.5 Å². The van der Waals surface area contributed by atoms with Gasteiger partial charge in [0.05, 0.1) is 0 Å². The van der Waals surface area contributed by atoms with Crippen LogP contribution in [-0.2, 0) is 0 Å². The van der Waals surface area contributed by atoms with Crippen LogP contribution in [-0.4, -0.2) is 35.2 Å². The highest BCUT2D eigenvalue weighted by atomic mass is 35.5. The molecule has 1 aromatic rings. The molecule has 0 bridgehead atoms. The maximum atomic E-state index is 12.2. The fraction of sp³-hybridized carbons (Fsp3) is 0.500. The average molecular weight is 283 g/mol. The van der Waals surface area contributed by atoms with Crippen molar-refractivity contribution in [1.29, 1.82) is 0 Å². The van der Waals surface area contributed by atoms with Gasteiger partial charge in [0.15, 0.2) is 0 Å². The van der Waals surface area contributed by atoms with Crippen molar-refractivity contribution in [2.45, 2.75) is 31.7 Å². The molecule has 1 aromatic carbocycles. The molecular weight excluding hydrogens is 264 g/mol. The predicted octanol–water partition coefficient (Wildman–Crippen LogP) is 3.11. The number of rotatable bonds is 5. The molecule has 0 saturated heterocycles. The van der Waals surface area contributed by atoms with Gasteiger partial charge in [-0.05, 0) is 49.9 Å². The number of anilines is 1. The lowest BCUT2D eigenvalue weighted by molar-refractivity contribution is 0.140. The number of hydrogen-bond donors (Lipinski definition) is 2. The lowest BCUT2D eigenvalue weighted by atomic mass is 9.91. The van der Waals surface area contributed by atoms with Crippen molar-refractivity contribution in [3.8, 4) is 0 Å². The van der Waals surface area contributed by atoms with Crippen LogP contribution in [0.5, 0.6) is 0 Å². The lowest BCUT2D eigenvalue weighted by Gasteiger charge is -2.37. The summed E-state index contributed by atoms with van der Waals surface area (Å²) in [5.74, 6) is 0. The van der Waals surface area contributed by atoms with Crippen molar-refractivity contribution in [2.75, 3.05) is 18.5 Å². The summed E-state index contributed by atoms with van der Waals surface area (Å²) in [4.78, 5) is 14.1. The molecule has 19 heavy (non-hydrogen) atoms. The second kappa shape index (κ2) is 6.78. The summed E-state index contributed by atoms with van der Waals surface area (Å²) in [6.45, 7) is 0.706. The van der Waals surface area contributed by atoms with Gasteiger partial charge in [0.1, 0.15) is 0 Å². The van der Waals surface area contributed by atoms with E-state index < -0.39 is 0 Å². The number of nitrogens with zero attached hydrogens (tertiary/aromatic N) is 1. The van der Waals surface area contributed by atoms with E-state index in [1.54, 1.807) is 24.3 Å². The van der Waals surface area contributed by atoms with E-state index in [0.29, 0.717) is 24.0 Å². The highest BCUT2D eigenvalue weighted by molar-refractivity contribution is 6.30. The zero-order valence-corrected chi connectivity index (χ0v) is 11.6. The van der Waals surface area contributed by atoms with E-state index in [1.807, 2.05) is 4.90 Å². The van der Waals surface area contributed by atoms with Gasteiger partial charge in [0.2, 0.25) is 0 Å². The number of amides is 2. The molecule has 0 heterocycles. The largest absolute Gasteiger partial charge is 0.396 e. The molecule has 0 spiro atoms. The Morgan fingerprint density at radius 1 is 1.37 bits per heavy atom. The van der Waals surface area contributed by atoms with Gasteiger partial charge >= 0.3 is 6.03 Å². The van der Waals surface area contributed by atoms with E-state index in [-0.39, 0.29) is 12.6 Å². The highest BCUT2D eigenvalue weighted by Gasteiger charge is 2.28. The second-order valence-corrected chi connectivity index (χ2v) is 5.23. The summed E-state index contributed by atoms with van der Waals surface area (Å²) < 4.78 is 0. The molecule has 1 fully saturated rings. The van der Waals surface area contributed by atoms with Crippen molar-refractivity contribution >= 4 is 23.3 Å². The van der Waals surface area contributed by atoms with Gasteiger partial charge in [-0.25, -0.2) is 4.79 Å². The Bertz CT molecular complexity index is 418. The molecule has 2 N–H and O–H groups in total. The first kappa shape index (κ1) is 14.2. The monoisotopic (exact) mass is 282 g/mol. The Morgan fingerprint density at radius 3 is 2.58 bits per heavy atom.